The number of carbonyl (C=O) groups excluding carboxylic acids is 2. The van der Waals surface area contributed by atoms with Crippen molar-refractivity contribution >= 4 is 18.1 Å². The lowest BCUT2D eigenvalue weighted by molar-refractivity contribution is -0.123. The summed E-state index contributed by atoms with van der Waals surface area (Å²) in [7, 11) is 4.39. The molecule has 0 aromatic heterocycles. The molecule has 0 spiro atoms. The van der Waals surface area contributed by atoms with Gasteiger partial charge in [0.2, 0.25) is 5.75 Å². The number of hydrazone groups is 1. The number of esters is 1. The molecule has 188 valence electrons. The Labute approximate surface area is 209 Å². The smallest absolute Gasteiger partial charge is 0.343 e. The number of rotatable bonds is 10. The van der Waals surface area contributed by atoms with Crippen LogP contribution in [0.4, 0.5) is 0 Å². The maximum atomic E-state index is 12.9. The van der Waals surface area contributed by atoms with E-state index in [0.29, 0.717) is 28.6 Å². The van der Waals surface area contributed by atoms with Gasteiger partial charge in [0.25, 0.3) is 5.91 Å². The molecule has 0 aliphatic rings. The Morgan fingerprint density at radius 1 is 0.861 bits per heavy atom. The number of amides is 1. The van der Waals surface area contributed by atoms with E-state index in [-0.39, 0.29) is 17.9 Å². The van der Waals surface area contributed by atoms with Crippen LogP contribution in [-0.4, -0.2) is 46.0 Å². The van der Waals surface area contributed by atoms with Crippen LogP contribution < -0.4 is 29.1 Å². The Bertz CT molecular complexity index is 1250. The molecule has 0 saturated heterocycles. The van der Waals surface area contributed by atoms with Crippen molar-refractivity contribution < 1.29 is 33.3 Å². The van der Waals surface area contributed by atoms with Gasteiger partial charge in [-0.3, -0.25) is 4.79 Å². The zero-order chi connectivity index (χ0) is 26.1. The SMILES string of the molecule is COc1cc(C(=O)Oc2ccccc2/C=N\NC(=O)COc2cc(C)ccc2C)cc(OC)c1OC. The zero-order valence-electron chi connectivity index (χ0n) is 20.8. The molecule has 9 nitrogen and oxygen atoms in total. The quantitative estimate of drug-likeness (QED) is 0.197. The number of methoxy groups -OCH3 is 3. The van der Waals surface area contributed by atoms with Gasteiger partial charge in [-0.05, 0) is 55.3 Å². The Hall–Kier alpha value is -4.53. The van der Waals surface area contributed by atoms with Gasteiger partial charge in [0, 0.05) is 5.56 Å². The summed E-state index contributed by atoms with van der Waals surface area (Å²) in [6.45, 7) is 3.66. The number of nitrogens with zero attached hydrogens (tertiary/aromatic N) is 1. The molecular formula is C27H28N2O7. The van der Waals surface area contributed by atoms with Gasteiger partial charge in [0.05, 0.1) is 33.1 Å². The highest BCUT2D eigenvalue weighted by Crippen LogP contribution is 2.38. The van der Waals surface area contributed by atoms with Crippen molar-refractivity contribution in [2.75, 3.05) is 27.9 Å². The van der Waals surface area contributed by atoms with E-state index >= 15 is 0 Å². The van der Waals surface area contributed by atoms with E-state index < -0.39 is 11.9 Å². The highest BCUT2D eigenvalue weighted by Gasteiger charge is 2.19. The van der Waals surface area contributed by atoms with E-state index in [0.717, 1.165) is 11.1 Å². The van der Waals surface area contributed by atoms with E-state index in [1.54, 1.807) is 24.3 Å². The summed E-state index contributed by atoms with van der Waals surface area (Å²) >= 11 is 0. The average molecular weight is 493 g/mol. The van der Waals surface area contributed by atoms with Gasteiger partial charge < -0.3 is 23.7 Å². The number of carbonyl (C=O) groups is 2. The minimum Gasteiger partial charge on any atom is -0.493 e. The largest absolute Gasteiger partial charge is 0.493 e. The number of hydrogen-bond acceptors (Lipinski definition) is 8. The summed E-state index contributed by atoms with van der Waals surface area (Å²) in [5, 5.41) is 3.96. The van der Waals surface area contributed by atoms with E-state index in [1.807, 2.05) is 32.0 Å². The molecule has 0 saturated carbocycles. The Morgan fingerprint density at radius 3 is 2.22 bits per heavy atom. The first-order valence-electron chi connectivity index (χ1n) is 11.0. The zero-order valence-corrected chi connectivity index (χ0v) is 20.8. The van der Waals surface area contributed by atoms with Crippen LogP contribution >= 0.6 is 0 Å². The van der Waals surface area contributed by atoms with E-state index in [2.05, 4.69) is 10.5 Å². The molecular weight excluding hydrogens is 464 g/mol. The van der Waals surface area contributed by atoms with Crippen molar-refractivity contribution in [3.05, 3.63) is 76.9 Å². The summed E-state index contributed by atoms with van der Waals surface area (Å²) < 4.78 is 27.0. The van der Waals surface area contributed by atoms with Gasteiger partial charge in [-0.1, -0.05) is 24.3 Å². The lowest BCUT2D eigenvalue weighted by Crippen LogP contribution is -2.24. The van der Waals surface area contributed by atoms with Crippen molar-refractivity contribution in [1.29, 1.82) is 0 Å². The number of hydrogen-bond donors (Lipinski definition) is 1. The lowest BCUT2D eigenvalue weighted by atomic mass is 10.1. The molecule has 1 N–H and O–H groups in total. The predicted molar refractivity (Wildman–Crippen MR) is 135 cm³/mol. The molecule has 3 aromatic carbocycles. The molecule has 0 aliphatic carbocycles. The summed E-state index contributed by atoms with van der Waals surface area (Å²) in [5.41, 5.74) is 5.06. The molecule has 0 heterocycles. The Kier molecular flexibility index (Phi) is 8.88. The standard InChI is InChI=1S/C27H28N2O7/c1-17-10-11-18(2)22(12-17)35-16-25(30)29-28-15-19-8-6-7-9-21(19)36-27(31)20-13-23(32-3)26(34-5)24(14-20)33-4/h6-15H,16H2,1-5H3,(H,29,30)/b28-15-. The van der Waals surface area contributed by atoms with Gasteiger partial charge in [-0.2, -0.15) is 5.10 Å². The van der Waals surface area contributed by atoms with E-state index in [4.69, 9.17) is 23.7 Å². The summed E-state index contributed by atoms with van der Waals surface area (Å²) in [5.74, 6) is 0.828. The minimum absolute atomic E-state index is 0.195. The van der Waals surface area contributed by atoms with E-state index in [9.17, 15) is 9.59 Å². The first kappa shape index (κ1) is 26.1. The highest BCUT2D eigenvalue weighted by atomic mass is 16.5. The molecule has 0 bridgehead atoms. The number of nitrogens with one attached hydrogen (secondary N) is 1. The number of aryl methyl sites for hydroxylation is 2. The topological polar surface area (TPSA) is 105 Å². The third-order valence-corrected chi connectivity index (χ3v) is 5.12. The molecule has 0 unspecified atom stereocenters. The summed E-state index contributed by atoms with van der Waals surface area (Å²) in [6.07, 6.45) is 1.38. The van der Waals surface area contributed by atoms with Crippen molar-refractivity contribution in [3.63, 3.8) is 0 Å². The second kappa shape index (κ2) is 12.3. The Morgan fingerprint density at radius 2 is 1.56 bits per heavy atom. The molecule has 36 heavy (non-hydrogen) atoms. The van der Waals surface area contributed by atoms with Crippen LogP contribution in [0.1, 0.15) is 27.0 Å². The van der Waals surface area contributed by atoms with Crippen molar-refractivity contribution in [2.24, 2.45) is 5.10 Å². The van der Waals surface area contributed by atoms with Crippen LogP contribution in [0.3, 0.4) is 0 Å². The normalized spacial score (nSPS) is 10.6. The van der Waals surface area contributed by atoms with Gasteiger partial charge in [0.15, 0.2) is 18.1 Å². The molecule has 0 radical (unpaired) electrons. The maximum absolute atomic E-state index is 12.9. The van der Waals surface area contributed by atoms with Crippen LogP contribution in [0.5, 0.6) is 28.7 Å². The average Bonchev–Trinajstić information content (AvgIpc) is 2.89. The fraction of sp³-hybridized carbons (Fsp3) is 0.222. The van der Waals surface area contributed by atoms with Gasteiger partial charge in [-0.15, -0.1) is 0 Å². The molecule has 0 atom stereocenters. The van der Waals surface area contributed by atoms with Gasteiger partial charge in [0.1, 0.15) is 11.5 Å². The first-order valence-corrected chi connectivity index (χ1v) is 11.0. The van der Waals surface area contributed by atoms with Crippen molar-refractivity contribution in [2.45, 2.75) is 13.8 Å². The molecule has 0 fully saturated rings. The van der Waals surface area contributed by atoms with Crippen LogP contribution in [0.25, 0.3) is 0 Å². The monoisotopic (exact) mass is 492 g/mol. The number of benzene rings is 3. The molecule has 3 aromatic rings. The van der Waals surface area contributed by atoms with Crippen LogP contribution in [0, 0.1) is 13.8 Å². The van der Waals surface area contributed by atoms with Gasteiger partial charge >= 0.3 is 5.97 Å². The van der Waals surface area contributed by atoms with Crippen molar-refractivity contribution in [3.8, 4) is 28.7 Å². The van der Waals surface area contributed by atoms with Crippen LogP contribution in [0.2, 0.25) is 0 Å². The molecule has 3 rings (SSSR count). The third-order valence-electron chi connectivity index (χ3n) is 5.12. The van der Waals surface area contributed by atoms with Crippen LogP contribution in [-0.2, 0) is 4.79 Å². The highest BCUT2D eigenvalue weighted by molar-refractivity contribution is 5.94. The minimum atomic E-state index is -0.638. The summed E-state index contributed by atoms with van der Waals surface area (Å²) in [6, 6.07) is 15.5. The predicted octanol–water partition coefficient (Wildman–Crippen LogP) is 4.08. The third kappa shape index (κ3) is 6.53. The maximum Gasteiger partial charge on any atom is 0.343 e. The second-order valence-electron chi connectivity index (χ2n) is 7.69. The number of ether oxygens (including phenoxy) is 5. The van der Waals surface area contributed by atoms with E-state index in [1.165, 1.54) is 39.7 Å². The summed E-state index contributed by atoms with van der Waals surface area (Å²) in [4.78, 5) is 25.0. The Balaban J connectivity index is 1.67. The fourth-order valence-electron chi connectivity index (χ4n) is 3.25. The second-order valence-corrected chi connectivity index (χ2v) is 7.69. The van der Waals surface area contributed by atoms with Crippen molar-refractivity contribution in [1.82, 2.24) is 5.43 Å². The number of para-hydroxylation sites is 1. The molecule has 0 aliphatic heterocycles. The lowest BCUT2D eigenvalue weighted by Gasteiger charge is -2.14. The van der Waals surface area contributed by atoms with Gasteiger partial charge in [-0.25, -0.2) is 10.2 Å². The fourth-order valence-corrected chi connectivity index (χ4v) is 3.25. The molecule has 1 amide bonds. The molecule has 9 heteroatoms. The first-order chi connectivity index (χ1) is 17.4. The van der Waals surface area contributed by atoms with Crippen LogP contribution in [0.15, 0.2) is 59.7 Å².